The van der Waals surface area contributed by atoms with E-state index in [1.54, 1.807) is 0 Å². The third kappa shape index (κ3) is 3.91. The van der Waals surface area contributed by atoms with Crippen molar-refractivity contribution in [3.8, 4) is 0 Å². The zero-order valence-corrected chi connectivity index (χ0v) is 12.5. The lowest BCUT2D eigenvalue weighted by Gasteiger charge is -2.22. The van der Waals surface area contributed by atoms with Gasteiger partial charge < -0.3 is 5.73 Å². The van der Waals surface area contributed by atoms with E-state index in [0.29, 0.717) is 0 Å². The second-order valence-electron chi connectivity index (χ2n) is 5.32. The minimum atomic E-state index is -3.72. The second kappa shape index (κ2) is 5.76. The van der Waals surface area contributed by atoms with Crippen LogP contribution in [0, 0.1) is 15.5 Å². The van der Waals surface area contributed by atoms with E-state index in [1.165, 1.54) is 6.07 Å². The van der Waals surface area contributed by atoms with Crippen molar-refractivity contribution in [2.45, 2.75) is 32.1 Å². The van der Waals surface area contributed by atoms with Crippen LogP contribution in [0.15, 0.2) is 23.1 Å². The molecule has 112 valence electrons. The van der Waals surface area contributed by atoms with Crippen molar-refractivity contribution < 1.29 is 13.3 Å². The van der Waals surface area contributed by atoms with Gasteiger partial charge in [0.15, 0.2) is 0 Å². The number of nitrogens with zero attached hydrogens (tertiary/aromatic N) is 1. The Kier molecular flexibility index (Phi) is 4.72. The summed E-state index contributed by atoms with van der Waals surface area (Å²) in [6.07, 6.45) is 0.817. The van der Waals surface area contributed by atoms with Gasteiger partial charge in [0, 0.05) is 12.6 Å². The van der Waals surface area contributed by atoms with E-state index in [-0.39, 0.29) is 28.2 Å². The van der Waals surface area contributed by atoms with Gasteiger partial charge in [0.25, 0.3) is 5.69 Å². The number of nitrogens with two attached hydrogens (primary N) is 1. The van der Waals surface area contributed by atoms with Crippen LogP contribution in [-0.2, 0) is 10.0 Å². The number of nitro benzene ring substituents is 1. The molecule has 0 fully saturated rings. The lowest BCUT2D eigenvalue weighted by atomic mass is 9.91. The highest BCUT2D eigenvalue weighted by Gasteiger charge is 2.22. The quantitative estimate of drug-likeness (QED) is 0.473. The molecule has 0 heterocycles. The van der Waals surface area contributed by atoms with Gasteiger partial charge in [0.05, 0.1) is 9.82 Å². The van der Waals surface area contributed by atoms with E-state index in [0.717, 1.165) is 18.6 Å². The number of hydrogen-bond donors (Lipinski definition) is 2. The van der Waals surface area contributed by atoms with Crippen LogP contribution in [0.25, 0.3) is 0 Å². The van der Waals surface area contributed by atoms with Crippen molar-refractivity contribution in [3.63, 3.8) is 0 Å². The molecule has 7 nitrogen and oxygen atoms in total. The Morgan fingerprint density at radius 3 is 2.45 bits per heavy atom. The van der Waals surface area contributed by atoms with Gasteiger partial charge in [-0.3, -0.25) is 10.1 Å². The number of nitrogens with one attached hydrogen (secondary N) is 1. The Bertz CT molecular complexity index is 611. The molecular weight excluding hydrogens is 282 g/mol. The van der Waals surface area contributed by atoms with Crippen molar-refractivity contribution in [1.29, 1.82) is 0 Å². The van der Waals surface area contributed by atoms with Crippen LogP contribution < -0.4 is 10.5 Å². The van der Waals surface area contributed by atoms with E-state index in [4.69, 9.17) is 5.73 Å². The van der Waals surface area contributed by atoms with E-state index < -0.39 is 14.9 Å². The van der Waals surface area contributed by atoms with Crippen LogP contribution in [0.5, 0.6) is 0 Å². The SMILES string of the molecule is CCC(C)(C)CNS(=O)(=O)c1ccc([N+](=O)[O-])c(N)c1. The fourth-order valence-corrected chi connectivity index (χ4v) is 2.64. The summed E-state index contributed by atoms with van der Waals surface area (Å²) in [5.74, 6) is 0. The summed E-state index contributed by atoms with van der Waals surface area (Å²) in [5.41, 5.74) is 4.84. The van der Waals surface area contributed by atoms with Gasteiger partial charge in [0.1, 0.15) is 5.69 Å². The van der Waals surface area contributed by atoms with Gasteiger partial charge in [-0.05, 0) is 24.0 Å². The third-order valence-electron chi connectivity index (χ3n) is 3.20. The molecule has 0 saturated heterocycles. The lowest BCUT2D eigenvalue weighted by molar-refractivity contribution is -0.383. The predicted molar refractivity (Wildman–Crippen MR) is 76.8 cm³/mol. The highest BCUT2D eigenvalue weighted by atomic mass is 32.2. The lowest BCUT2D eigenvalue weighted by Crippen LogP contribution is -2.33. The molecule has 1 aromatic rings. The van der Waals surface area contributed by atoms with Crippen LogP contribution in [0.3, 0.4) is 0 Å². The minimum absolute atomic E-state index is 0.0764. The molecule has 0 bridgehead atoms. The average Bonchev–Trinajstić information content (AvgIpc) is 2.36. The van der Waals surface area contributed by atoms with E-state index in [1.807, 2.05) is 20.8 Å². The molecule has 0 aliphatic heterocycles. The van der Waals surface area contributed by atoms with Gasteiger partial charge in [0.2, 0.25) is 10.0 Å². The number of nitro groups is 1. The molecule has 0 aliphatic rings. The largest absolute Gasteiger partial charge is 0.393 e. The molecule has 0 unspecified atom stereocenters. The first-order valence-corrected chi connectivity index (χ1v) is 7.61. The highest BCUT2D eigenvalue weighted by Crippen LogP contribution is 2.25. The zero-order valence-electron chi connectivity index (χ0n) is 11.7. The molecule has 0 amide bonds. The van der Waals surface area contributed by atoms with Crippen molar-refractivity contribution in [1.82, 2.24) is 4.72 Å². The number of hydrogen-bond acceptors (Lipinski definition) is 5. The summed E-state index contributed by atoms with van der Waals surface area (Å²) in [7, 11) is -3.72. The molecule has 3 N–H and O–H groups in total. The van der Waals surface area contributed by atoms with Crippen LogP contribution in [0.4, 0.5) is 11.4 Å². The maximum Gasteiger partial charge on any atom is 0.292 e. The third-order valence-corrected chi connectivity index (χ3v) is 4.60. The first-order chi connectivity index (χ1) is 9.09. The normalized spacial score (nSPS) is 12.3. The number of benzene rings is 1. The first-order valence-electron chi connectivity index (χ1n) is 6.12. The number of rotatable bonds is 6. The molecule has 0 spiro atoms. The van der Waals surface area contributed by atoms with Gasteiger partial charge in [-0.2, -0.15) is 0 Å². The summed E-state index contributed by atoms with van der Waals surface area (Å²) in [6, 6.07) is 3.37. The van der Waals surface area contributed by atoms with Gasteiger partial charge >= 0.3 is 0 Å². The summed E-state index contributed by atoms with van der Waals surface area (Å²) in [4.78, 5) is 9.91. The smallest absolute Gasteiger partial charge is 0.292 e. The van der Waals surface area contributed by atoms with Crippen LogP contribution in [0.1, 0.15) is 27.2 Å². The number of anilines is 1. The molecule has 8 heteroatoms. The highest BCUT2D eigenvalue weighted by molar-refractivity contribution is 7.89. The molecule has 0 aliphatic carbocycles. The monoisotopic (exact) mass is 301 g/mol. The molecule has 0 aromatic heterocycles. The Balaban J connectivity index is 2.99. The number of sulfonamides is 1. The predicted octanol–water partition coefficient (Wildman–Crippen LogP) is 1.89. The van der Waals surface area contributed by atoms with Crippen LogP contribution >= 0.6 is 0 Å². The summed E-state index contributed by atoms with van der Waals surface area (Å²) in [6.45, 7) is 6.14. The molecule has 1 aromatic carbocycles. The molecule has 0 radical (unpaired) electrons. The van der Waals surface area contributed by atoms with Crippen molar-refractivity contribution in [3.05, 3.63) is 28.3 Å². The Morgan fingerprint density at radius 2 is 2.00 bits per heavy atom. The molecule has 20 heavy (non-hydrogen) atoms. The first kappa shape index (κ1) is 16.4. The fourth-order valence-electron chi connectivity index (χ4n) is 1.36. The Labute approximate surface area is 118 Å². The van der Waals surface area contributed by atoms with Crippen LogP contribution in [0.2, 0.25) is 0 Å². The van der Waals surface area contributed by atoms with Gasteiger partial charge in [-0.1, -0.05) is 20.8 Å². The molecule has 0 atom stereocenters. The molecule has 0 saturated carbocycles. The van der Waals surface area contributed by atoms with Gasteiger partial charge in [-0.15, -0.1) is 0 Å². The summed E-state index contributed by atoms with van der Waals surface area (Å²) >= 11 is 0. The van der Waals surface area contributed by atoms with Gasteiger partial charge in [-0.25, -0.2) is 13.1 Å². The Morgan fingerprint density at radius 1 is 1.40 bits per heavy atom. The van der Waals surface area contributed by atoms with Crippen LogP contribution in [-0.4, -0.2) is 19.9 Å². The Hall–Kier alpha value is -1.67. The van der Waals surface area contributed by atoms with E-state index in [2.05, 4.69) is 4.72 Å². The van der Waals surface area contributed by atoms with Crippen molar-refractivity contribution in [2.75, 3.05) is 12.3 Å². The summed E-state index contributed by atoms with van der Waals surface area (Å²) in [5, 5.41) is 10.6. The minimum Gasteiger partial charge on any atom is -0.393 e. The second-order valence-corrected chi connectivity index (χ2v) is 7.09. The van der Waals surface area contributed by atoms with E-state index >= 15 is 0 Å². The maximum atomic E-state index is 12.1. The molecular formula is C12H19N3O4S. The average molecular weight is 301 g/mol. The van der Waals surface area contributed by atoms with Crippen molar-refractivity contribution >= 4 is 21.4 Å². The molecule has 1 rings (SSSR count). The maximum absolute atomic E-state index is 12.1. The van der Waals surface area contributed by atoms with E-state index in [9.17, 15) is 18.5 Å². The van der Waals surface area contributed by atoms with Crippen molar-refractivity contribution in [2.24, 2.45) is 5.41 Å². The number of nitrogen functional groups attached to an aromatic ring is 1. The summed E-state index contributed by atoms with van der Waals surface area (Å²) < 4.78 is 26.7. The standard InChI is InChI=1S/C12H19N3O4S/c1-4-12(2,3)8-14-20(18,19)9-5-6-11(15(16)17)10(13)7-9/h5-7,14H,4,8,13H2,1-3H3. The zero-order chi connectivity index (χ0) is 15.6. The fraction of sp³-hybridized carbons (Fsp3) is 0.500. The topological polar surface area (TPSA) is 115 Å².